The number of hydrogen-bond donors (Lipinski definition) is 2. The van der Waals surface area contributed by atoms with Gasteiger partial charge in [0.2, 0.25) is 5.91 Å². The highest BCUT2D eigenvalue weighted by Crippen LogP contribution is 2.28. The van der Waals surface area contributed by atoms with Crippen molar-refractivity contribution in [2.24, 2.45) is 5.73 Å². The van der Waals surface area contributed by atoms with E-state index >= 15 is 0 Å². The molecule has 1 aromatic rings. The Morgan fingerprint density at radius 2 is 1.84 bits per heavy atom. The summed E-state index contributed by atoms with van der Waals surface area (Å²) in [5.74, 6) is 1.86. The van der Waals surface area contributed by atoms with Crippen LogP contribution >= 0.6 is 24.8 Å². The van der Waals surface area contributed by atoms with Gasteiger partial charge in [-0.3, -0.25) is 9.69 Å². The maximum Gasteiger partial charge on any atom is 0.240 e. The fourth-order valence-corrected chi connectivity index (χ4v) is 3.87. The number of rotatable bonds is 5. The SMILES string of the molecule is Cc1ccc(C(CNC(=O)C2(N)CCCCC2)N2CCCC2)o1.Cl.Cl. The molecule has 5 nitrogen and oxygen atoms in total. The number of hydrogen-bond acceptors (Lipinski definition) is 4. The molecule has 0 bridgehead atoms. The molecule has 1 amide bonds. The van der Waals surface area contributed by atoms with Gasteiger partial charge in [0.05, 0.1) is 11.6 Å². The van der Waals surface area contributed by atoms with Crippen LogP contribution in [0.25, 0.3) is 0 Å². The predicted octanol–water partition coefficient (Wildman–Crippen LogP) is 3.35. The fourth-order valence-electron chi connectivity index (χ4n) is 3.87. The van der Waals surface area contributed by atoms with Crippen LogP contribution in [0.15, 0.2) is 16.5 Å². The lowest BCUT2D eigenvalue weighted by atomic mass is 9.82. The van der Waals surface area contributed by atoms with Crippen LogP contribution in [0.3, 0.4) is 0 Å². The topological polar surface area (TPSA) is 71.5 Å². The molecule has 1 aliphatic carbocycles. The average molecular weight is 392 g/mol. The van der Waals surface area contributed by atoms with E-state index in [2.05, 4.69) is 10.2 Å². The van der Waals surface area contributed by atoms with Crippen molar-refractivity contribution in [2.45, 2.75) is 63.5 Å². The number of aryl methyl sites for hydroxylation is 1. The van der Waals surface area contributed by atoms with Gasteiger partial charge in [0.25, 0.3) is 0 Å². The molecule has 1 aliphatic heterocycles. The number of nitrogens with two attached hydrogens (primary N) is 1. The molecule has 7 heteroatoms. The van der Waals surface area contributed by atoms with Crippen LogP contribution in [-0.4, -0.2) is 36.0 Å². The molecule has 2 fully saturated rings. The van der Waals surface area contributed by atoms with E-state index in [1.165, 1.54) is 19.3 Å². The third kappa shape index (κ3) is 5.36. The first kappa shape index (κ1) is 22.3. The summed E-state index contributed by atoms with van der Waals surface area (Å²) in [6.45, 7) is 4.66. The molecule has 0 radical (unpaired) electrons. The van der Waals surface area contributed by atoms with Crippen molar-refractivity contribution in [1.29, 1.82) is 0 Å². The van der Waals surface area contributed by atoms with Gasteiger partial charge >= 0.3 is 0 Å². The summed E-state index contributed by atoms with van der Waals surface area (Å²) in [5, 5.41) is 3.11. The van der Waals surface area contributed by atoms with Gasteiger partial charge in [0, 0.05) is 6.54 Å². The molecule has 1 saturated heterocycles. The number of likely N-dealkylation sites (tertiary alicyclic amines) is 1. The monoisotopic (exact) mass is 391 g/mol. The number of carbonyl (C=O) groups excluding carboxylic acids is 1. The molecule has 1 aromatic heterocycles. The van der Waals surface area contributed by atoms with Crippen LogP contribution in [0.4, 0.5) is 0 Å². The summed E-state index contributed by atoms with van der Waals surface area (Å²) in [5.41, 5.74) is 5.66. The summed E-state index contributed by atoms with van der Waals surface area (Å²) in [4.78, 5) is 15.0. The summed E-state index contributed by atoms with van der Waals surface area (Å²) >= 11 is 0. The molecular weight excluding hydrogens is 361 g/mol. The second-order valence-corrected chi connectivity index (χ2v) is 7.13. The second-order valence-electron chi connectivity index (χ2n) is 7.13. The zero-order valence-corrected chi connectivity index (χ0v) is 16.6. The van der Waals surface area contributed by atoms with E-state index in [9.17, 15) is 4.79 Å². The van der Waals surface area contributed by atoms with Gasteiger partial charge in [-0.1, -0.05) is 19.3 Å². The van der Waals surface area contributed by atoms with Crippen molar-refractivity contribution >= 4 is 30.7 Å². The van der Waals surface area contributed by atoms with Gasteiger partial charge in [-0.15, -0.1) is 24.8 Å². The van der Waals surface area contributed by atoms with Crippen LogP contribution in [0.1, 0.15) is 62.5 Å². The zero-order valence-electron chi connectivity index (χ0n) is 15.0. The van der Waals surface area contributed by atoms with Gasteiger partial charge in [-0.25, -0.2) is 0 Å². The fraction of sp³-hybridized carbons (Fsp3) is 0.722. The van der Waals surface area contributed by atoms with E-state index in [0.29, 0.717) is 6.54 Å². The molecule has 144 valence electrons. The quantitative estimate of drug-likeness (QED) is 0.806. The van der Waals surface area contributed by atoms with Gasteiger partial charge in [-0.05, 0) is 57.8 Å². The Morgan fingerprint density at radius 3 is 2.40 bits per heavy atom. The average Bonchev–Trinajstić information content (AvgIpc) is 3.20. The standard InChI is InChI=1S/C18H29N3O2.2ClH/c1-14-7-8-16(23-14)15(21-11-5-6-12-21)13-20-17(22)18(19)9-3-2-4-10-18;;/h7-8,15H,2-6,9-13,19H2,1H3,(H,20,22);2*1H. The first-order valence-corrected chi connectivity index (χ1v) is 8.96. The zero-order chi connectivity index (χ0) is 16.3. The van der Waals surface area contributed by atoms with Crippen LogP contribution in [-0.2, 0) is 4.79 Å². The van der Waals surface area contributed by atoms with E-state index in [4.69, 9.17) is 10.2 Å². The van der Waals surface area contributed by atoms with Crippen molar-refractivity contribution in [2.75, 3.05) is 19.6 Å². The maximum atomic E-state index is 12.6. The summed E-state index contributed by atoms with van der Waals surface area (Å²) < 4.78 is 5.84. The second kappa shape index (κ2) is 9.81. The van der Waals surface area contributed by atoms with Crippen molar-refractivity contribution in [3.8, 4) is 0 Å². The number of furan rings is 1. The van der Waals surface area contributed by atoms with Gasteiger partial charge < -0.3 is 15.5 Å². The largest absolute Gasteiger partial charge is 0.465 e. The predicted molar refractivity (Wildman–Crippen MR) is 105 cm³/mol. The van der Waals surface area contributed by atoms with E-state index in [0.717, 1.165) is 50.3 Å². The van der Waals surface area contributed by atoms with Crippen LogP contribution in [0, 0.1) is 6.92 Å². The lowest BCUT2D eigenvalue weighted by Crippen LogP contribution is -2.56. The molecule has 2 heterocycles. The van der Waals surface area contributed by atoms with E-state index < -0.39 is 5.54 Å². The Labute approximate surface area is 162 Å². The minimum absolute atomic E-state index is 0. The highest BCUT2D eigenvalue weighted by atomic mass is 35.5. The van der Waals surface area contributed by atoms with E-state index in [1.54, 1.807) is 0 Å². The molecule has 0 spiro atoms. The number of carbonyl (C=O) groups is 1. The number of halogens is 2. The van der Waals surface area contributed by atoms with Crippen molar-refractivity contribution in [1.82, 2.24) is 10.2 Å². The molecule has 25 heavy (non-hydrogen) atoms. The van der Waals surface area contributed by atoms with Crippen molar-refractivity contribution < 1.29 is 9.21 Å². The third-order valence-corrected chi connectivity index (χ3v) is 5.32. The lowest BCUT2D eigenvalue weighted by Gasteiger charge is -2.33. The molecule has 2 aliphatic rings. The Hall–Kier alpha value is -0.750. The van der Waals surface area contributed by atoms with Crippen molar-refractivity contribution in [3.63, 3.8) is 0 Å². The van der Waals surface area contributed by atoms with Gasteiger partial charge in [-0.2, -0.15) is 0 Å². The van der Waals surface area contributed by atoms with Crippen LogP contribution < -0.4 is 11.1 Å². The minimum atomic E-state index is -0.674. The normalized spacial score (nSPS) is 21.0. The maximum absolute atomic E-state index is 12.6. The minimum Gasteiger partial charge on any atom is -0.465 e. The molecule has 1 unspecified atom stereocenters. The Morgan fingerprint density at radius 1 is 1.20 bits per heavy atom. The molecule has 3 rings (SSSR count). The Balaban J connectivity index is 0.00000156. The van der Waals surface area contributed by atoms with Crippen LogP contribution in [0.2, 0.25) is 0 Å². The number of nitrogens with zero attached hydrogens (tertiary/aromatic N) is 1. The van der Waals surface area contributed by atoms with E-state index in [-0.39, 0.29) is 36.8 Å². The summed E-state index contributed by atoms with van der Waals surface area (Å²) in [6, 6.07) is 4.14. The highest BCUT2D eigenvalue weighted by Gasteiger charge is 2.36. The third-order valence-electron chi connectivity index (χ3n) is 5.32. The molecule has 1 saturated carbocycles. The molecular formula is C18H31Cl2N3O2. The smallest absolute Gasteiger partial charge is 0.240 e. The summed E-state index contributed by atoms with van der Waals surface area (Å²) in [7, 11) is 0. The number of amides is 1. The molecule has 3 N–H and O–H groups in total. The Bertz CT molecular complexity index is 538. The van der Waals surface area contributed by atoms with Gasteiger partial charge in [0.15, 0.2) is 0 Å². The van der Waals surface area contributed by atoms with E-state index in [1.807, 2.05) is 19.1 Å². The lowest BCUT2D eigenvalue weighted by molar-refractivity contribution is -0.127. The van der Waals surface area contributed by atoms with Crippen LogP contribution in [0.5, 0.6) is 0 Å². The van der Waals surface area contributed by atoms with Gasteiger partial charge in [0.1, 0.15) is 11.5 Å². The first-order valence-electron chi connectivity index (χ1n) is 8.96. The van der Waals surface area contributed by atoms with Crippen molar-refractivity contribution in [3.05, 3.63) is 23.7 Å². The number of nitrogens with one attached hydrogen (secondary N) is 1. The highest BCUT2D eigenvalue weighted by molar-refractivity contribution is 5.86. The molecule has 0 aromatic carbocycles. The Kier molecular flexibility index (Phi) is 8.75. The first-order chi connectivity index (χ1) is 11.1. The molecule has 1 atom stereocenters. The summed E-state index contributed by atoms with van der Waals surface area (Å²) in [6.07, 6.45) is 7.32.